The summed E-state index contributed by atoms with van der Waals surface area (Å²) in [4.78, 5) is 16.7. The van der Waals surface area contributed by atoms with E-state index in [0.29, 0.717) is 11.8 Å². The zero-order valence-corrected chi connectivity index (χ0v) is 14.4. The van der Waals surface area contributed by atoms with Gasteiger partial charge in [0.1, 0.15) is 0 Å². The lowest BCUT2D eigenvalue weighted by atomic mass is 9.99. The maximum absolute atomic E-state index is 12.0. The van der Waals surface area contributed by atoms with Crippen LogP contribution in [0.15, 0.2) is 12.3 Å². The van der Waals surface area contributed by atoms with Gasteiger partial charge in [-0.2, -0.15) is 5.10 Å². The summed E-state index contributed by atoms with van der Waals surface area (Å²) in [7, 11) is 0. The molecule has 3 aliphatic rings. The van der Waals surface area contributed by atoms with E-state index in [9.17, 15) is 4.79 Å². The van der Waals surface area contributed by atoms with Gasteiger partial charge in [0.15, 0.2) is 0 Å². The van der Waals surface area contributed by atoms with Crippen LogP contribution < -0.4 is 0 Å². The molecule has 2 fully saturated rings. The Balaban J connectivity index is 1.44. The second-order valence-corrected chi connectivity index (χ2v) is 7.56. The first-order valence-corrected chi connectivity index (χ1v) is 9.36. The minimum Gasteiger partial charge on any atom is -0.381 e. The summed E-state index contributed by atoms with van der Waals surface area (Å²) in [5.41, 5.74) is 1.30. The van der Waals surface area contributed by atoms with Crippen molar-refractivity contribution in [1.82, 2.24) is 19.6 Å². The Labute approximate surface area is 143 Å². The molecule has 0 aromatic carbocycles. The van der Waals surface area contributed by atoms with E-state index >= 15 is 0 Å². The van der Waals surface area contributed by atoms with Crippen LogP contribution in [-0.2, 0) is 22.6 Å². The second kappa shape index (κ2) is 7.23. The molecule has 0 aliphatic carbocycles. The lowest BCUT2D eigenvalue weighted by molar-refractivity contribution is -0.128. The molecule has 3 aliphatic heterocycles. The molecule has 6 nitrogen and oxygen atoms in total. The molecule has 132 valence electrons. The van der Waals surface area contributed by atoms with Gasteiger partial charge < -0.3 is 9.64 Å². The monoisotopic (exact) mass is 332 g/mol. The molecule has 4 heterocycles. The Bertz CT molecular complexity index is 567. The van der Waals surface area contributed by atoms with E-state index in [-0.39, 0.29) is 0 Å². The lowest BCUT2D eigenvalue weighted by Gasteiger charge is -2.31. The number of ether oxygens (including phenoxy) is 1. The van der Waals surface area contributed by atoms with Crippen molar-refractivity contribution < 1.29 is 9.53 Å². The Kier molecular flexibility index (Phi) is 4.85. The minimum atomic E-state index is 0.330. The smallest absolute Gasteiger partial charge is 0.222 e. The van der Waals surface area contributed by atoms with Gasteiger partial charge in [-0.25, -0.2) is 0 Å². The van der Waals surface area contributed by atoms with Crippen LogP contribution in [0, 0.1) is 11.8 Å². The maximum atomic E-state index is 12.0. The number of rotatable bonds is 4. The normalized spacial score (nSPS) is 26.6. The molecule has 1 amide bonds. The average Bonchev–Trinajstić information content (AvgIpc) is 3.14. The van der Waals surface area contributed by atoms with Crippen LogP contribution in [-0.4, -0.2) is 64.9 Å². The molecular formula is C18H28N4O2. The lowest BCUT2D eigenvalue weighted by Crippen LogP contribution is -2.39. The number of nitrogens with zero attached hydrogens (tertiary/aromatic N) is 4. The second-order valence-electron chi connectivity index (χ2n) is 7.56. The molecule has 1 aromatic rings. The van der Waals surface area contributed by atoms with E-state index < -0.39 is 0 Å². The molecule has 6 heteroatoms. The van der Waals surface area contributed by atoms with E-state index in [0.717, 1.165) is 71.2 Å². The number of amides is 1. The highest BCUT2D eigenvalue weighted by Gasteiger charge is 2.29. The fraction of sp³-hybridized carbons (Fsp3) is 0.778. The molecule has 0 spiro atoms. The maximum Gasteiger partial charge on any atom is 0.222 e. The van der Waals surface area contributed by atoms with Gasteiger partial charge in [0.25, 0.3) is 0 Å². The Morgan fingerprint density at radius 3 is 2.83 bits per heavy atom. The molecule has 1 atom stereocenters. The van der Waals surface area contributed by atoms with Crippen molar-refractivity contribution in [3.8, 4) is 0 Å². The zero-order valence-electron chi connectivity index (χ0n) is 14.4. The van der Waals surface area contributed by atoms with Gasteiger partial charge in [0.2, 0.25) is 5.91 Å². The van der Waals surface area contributed by atoms with Gasteiger partial charge >= 0.3 is 0 Å². The number of carbonyl (C=O) groups is 1. The number of likely N-dealkylation sites (tertiary alicyclic amines) is 1. The summed E-state index contributed by atoms with van der Waals surface area (Å²) in [6, 6.07) is 2.14. The van der Waals surface area contributed by atoms with Gasteiger partial charge in [-0.15, -0.1) is 0 Å². The molecular weight excluding hydrogens is 304 g/mol. The van der Waals surface area contributed by atoms with Crippen molar-refractivity contribution >= 4 is 5.91 Å². The van der Waals surface area contributed by atoms with Crippen LogP contribution >= 0.6 is 0 Å². The molecule has 0 bridgehead atoms. The van der Waals surface area contributed by atoms with Gasteiger partial charge in [-0.3, -0.25) is 14.4 Å². The first-order chi connectivity index (χ1) is 11.8. The highest BCUT2D eigenvalue weighted by atomic mass is 16.5. The molecule has 0 N–H and O–H groups in total. The standard InChI is InChI=1S/C18H28N4O2/c23-18-2-1-7-21(18)12-16-11-20(10-15-4-8-24-9-5-15)14-17-3-6-19-22(17)13-16/h3,6,15-16H,1-2,4-5,7-14H2/t16-/m1/s1. The van der Waals surface area contributed by atoms with Gasteiger partial charge in [-0.05, 0) is 31.2 Å². The van der Waals surface area contributed by atoms with Gasteiger partial charge in [0, 0.05) is 71.0 Å². The molecule has 24 heavy (non-hydrogen) atoms. The zero-order chi connectivity index (χ0) is 16.4. The van der Waals surface area contributed by atoms with Crippen molar-refractivity contribution in [2.45, 2.75) is 38.8 Å². The van der Waals surface area contributed by atoms with Crippen LogP contribution in [0.2, 0.25) is 0 Å². The summed E-state index contributed by atoms with van der Waals surface area (Å²) in [6.07, 6.45) is 6.00. The Morgan fingerprint density at radius 2 is 2.04 bits per heavy atom. The third-order valence-electron chi connectivity index (χ3n) is 5.64. The minimum absolute atomic E-state index is 0.330. The predicted octanol–water partition coefficient (Wildman–Crippen LogP) is 1.36. The molecule has 1 aromatic heterocycles. The van der Waals surface area contributed by atoms with Crippen molar-refractivity contribution in [2.24, 2.45) is 11.8 Å². The summed E-state index contributed by atoms with van der Waals surface area (Å²) in [6.45, 7) is 7.72. The fourth-order valence-electron chi connectivity index (χ4n) is 4.38. The molecule has 0 saturated carbocycles. The van der Waals surface area contributed by atoms with E-state index in [1.54, 1.807) is 0 Å². The summed E-state index contributed by atoms with van der Waals surface area (Å²) in [5.74, 6) is 1.53. The van der Waals surface area contributed by atoms with Crippen LogP contribution in [0.4, 0.5) is 0 Å². The van der Waals surface area contributed by atoms with Crippen LogP contribution in [0.3, 0.4) is 0 Å². The summed E-state index contributed by atoms with van der Waals surface area (Å²) >= 11 is 0. The third-order valence-corrected chi connectivity index (χ3v) is 5.64. The quantitative estimate of drug-likeness (QED) is 0.835. The van der Waals surface area contributed by atoms with Crippen molar-refractivity contribution in [3.63, 3.8) is 0 Å². The largest absolute Gasteiger partial charge is 0.381 e. The number of fused-ring (bicyclic) bond motifs is 1. The Hall–Kier alpha value is -1.40. The van der Waals surface area contributed by atoms with E-state index in [1.165, 1.54) is 18.5 Å². The van der Waals surface area contributed by atoms with Gasteiger partial charge in [0.05, 0.1) is 5.69 Å². The molecule has 0 radical (unpaired) electrons. The number of carbonyl (C=O) groups excluding carboxylic acids is 1. The van der Waals surface area contributed by atoms with E-state index in [1.807, 2.05) is 6.20 Å². The van der Waals surface area contributed by atoms with Crippen molar-refractivity contribution in [3.05, 3.63) is 18.0 Å². The van der Waals surface area contributed by atoms with Crippen LogP contribution in [0.1, 0.15) is 31.4 Å². The molecule has 2 saturated heterocycles. The summed E-state index contributed by atoms with van der Waals surface area (Å²) < 4.78 is 7.65. The SMILES string of the molecule is O=C1CCCN1C[C@H]1CN(CC2CCOCC2)Cc2ccnn2C1. The highest BCUT2D eigenvalue weighted by molar-refractivity contribution is 5.78. The fourth-order valence-corrected chi connectivity index (χ4v) is 4.38. The summed E-state index contributed by atoms with van der Waals surface area (Å²) in [5, 5.41) is 4.51. The number of hydrogen-bond acceptors (Lipinski definition) is 4. The first kappa shape index (κ1) is 16.1. The number of hydrogen-bond donors (Lipinski definition) is 0. The molecule has 0 unspecified atom stereocenters. The first-order valence-electron chi connectivity index (χ1n) is 9.36. The van der Waals surface area contributed by atoms with Gasteiger partial charge in [-0.1, -0.05) is 0 Å². The van der Waals surface area contributed by atoms with Crippen LogP contribution in [0.5, 0.6) is 0 Å². The molecule has 4 rings (SSSR count). The van der Waals surface area contributed by atoms with Crippen molar-refractivity contribution in [2.75, 3.05) is 39.4 Å². The topological polar surface area (TPSA) is 50.6 Å². The van der Waals surface area contributed by atoms with E-state index in [2.05, 4.69) is 25.6 Å². The third kappa shape index (κ3) is 3.64. The van der Waals surface area contributed by atoms with Crippen LogP contribution in [0.25, 0.3) is 0 Å². The average molecular weight is 332 g/mol. The predicted molar refractivity (Wildman–Crippen MR) is 90.4 cm³/mol. The Morgan fingerprint density at radius 1 is 1.17 bits per heavy atom. The van der Waals surface area contributed by atoms with Crippen molar-refractivity contribution in [1.29, 1.82) is 0 Å². The highest BCUT2D eigenvalue weighted by Crippen LogP contribution is 2.23. The van der Waals surface area contributed by atoms with E-state index in [4.69, 9.17) is 4.74 Å². The number of aromatic nitrogens is 2.